The summed E-state index contributed by atoms with van der Waals surface area (Å²) in [6.45, 7) is 3.21. The second-order valence-electron chi connectivity index (χ2n) is 8.82. The number of piperidine rings is 1. The minimum absolute atomic E-state index is 0.0687. The van der Waals surface area contributed by atoms with E-state index in [9.17, 15) is 4.79 Å². The molecule has 116 valence electrons. The Morgan fingerprint density at radius 1 is 1.00 bits per heavy atom. The Balaban J connectivity index is 1.43. The second kappa shape index (κ2) is 4.47. The van der Waals surface area contributed by atoms with Crippen LogP contribution in [0.4, 0.5) is 0 Å². The molecule has 21 heavy (non-hydrogen) atoms. The van der Waals surface area contributed by atoms with Gasteiger partial charge in [-0.3, -0.25) is 4.79 Å². The molecule has 4 saturated carbocycles. The first-order valence-electron chi connectivity index (χ1n) is 9.25. The number of rotatable bonds is 1. The van der Waals surface area contributed by atoms with Gasteiger partial charge in [-0.25, -0.2) is 0 Å². The van der Waals surface area contributed by atoms with Gasteiger partial charge in [-0.05, 0) is 75.0 Å². The van der Waals surface area contributed by atoms with Gasteiger partial charge in [0.2, 0.25) is 5.91 Å². The van der Waals surface area contributed by atoms with E-state index < -0.39 is 0 Å². The number of nitrogens with one attached hydrogen (secondary N) is 1. The topological polar surface area (TPSA) is 32.3 Å². The zero-order chi connectivity index (χ0) is 14.0. The van der Waals surface area contributed by atoms with Crippen molar-refractivity contribution in [1.82, 2.24) is 10.2 Å². The summed E-state index contributed by atoms with van der Waals surface area (Å²) in [6, 6.07) is 0.513. The van der Waals surface area contributed by atoms with Crippen LogP contribution in [0.2, 0.25) is 0 Å². The fraction of sp³-hybridized carbons (Fsp3) is 0.944. The Hall–Kier alpha value is -0.570. The molecule has 4 bridgehead atoms. The number of carbonyl (C=O) groups excluding carboxylic acids is 1. The Bertz CT molecular complexity index is 425. The van der Waals surface area contributed by atoms with E-state index >= 15 is 0 Å². The minimum Gasteiger partial charge on any atom is -0.338 e. The van der Waals surface area contributed by atoms with Gasteiger partial charge in [0, 0.05) is 25.7 Å². The van der Waals surface area contributed by atoms with Gasteiger partial charge >= 0.3 is 0 Å². The summed E-state index contributed by atoms with van der Waals surface area (Å²) in [5, 5.41) is 3.53. The summed E-state index contributed by atoms with van der Waals surface area (Å²) in [4.78, 5) is 15.8. The van der Waals surface area contributed by atoms with Crippen LogP contribution in [0.15, 0.2) is 0 Å². The first kappa shape index (κ1) is 12.9. The summed E-state index contributed by atoms with van der Waals surface area (Å²) >= 11 is 0. The van der Waals surface area contributed by atoms with E-state index in [1.54, 1.807) is 0 Å². The number of amides is 1. The predicted molar refractivity (Wildman–Crippen MR) is 81.7 cm³/mol. The van der Waals surface area contributed by atoms with E-state index in [0.717, 1.165) is 43.3 Å². The third-order valence-electron chi connectivity index (χ3n) is 7.43. The highest BCUT2D eigenvalue weighted by molar-refractivity contribution is 5.84. The molecular weight excluding hydrogens is 260 g/mol. The number of nitrogens with zero attached hydrogens (tertiary/aromatic N) is 1. The van der Waals surface area contributed by atoms with E-state index in [4.69, 9.17) is 0 Å². The predicted octanol–water partition coefficient (Wildman–Crippen LogP) is 2.41. The average Bonchev–Trinajstić information content (AvgIpc) is 2.93. The molecule has 1 amide bonds. The molecule has 0 radical (unpaired) electrons. The van der Waals surface area contributed by atoms with E-state index in [-0.39, 0.29) is 5.41 Å². The summed E-state index contributed by atoms with van der Waals surface area (Å²) < 4.78 is 0. The van der Waals surface area contributed by atoms with E-state index in [1.165, 1.54) is 51.4 Å². The Morgan fingerprint density at radius 2 is 1.67 bits per heavy atom. The Kier molecular flexibility index (Phi) is 2.75. The molecule has 0 aromatic heterocycles. The molecule has 2 atom stereocenters. The molecule has 6 rings (SSSR count). The molecule has 0 spiro atoms. The van der Waals surface area contributed by atoms with Gasteiger partial charge in [-0.2, -0.15) is 0 Å². The molecule has 6 aliphatic rings. The maximum Gasteiger partial charge on any atom is 0.229 e. The summed E-state index contributed by atoms with van der Waals surface area (Å²) in [5.41, 5.74) is 0.0687. The van der Waals surface area contributed by atoms with Gasteiger partial charge in [0.25, 0.3) is 0 Å². The van der Waals surface area contributed by atoms with E-state index in [2.05, 4.69) is 10.2 Å². The lowest BCUT2D eigenvalue weighted by atomic mass is 9.49. The number of hydrogen-bond donors (Lipinski definition) is 1. The van der Waals surface area contributed by atoms with Crippen LogP contribution in [0.25, 0.3) is 0 Å². The van der Waals surface area contributed by atoms with Crippen LogP contribution in [0, 0.1) is 29.1 Å². The van der Waals surface area contributed by atoms with Gasteiger partial charge in [0.1, 0.15) is 0 Å². The van der Waals surface area contributed by atoms with Crippen LogP contribution in [0.3, 0.4) is 0 Å². The first-order valence-corrected chi connectivity index (χ1v) is 9.25. The lowest BCUT2D eigenvalue weighted by Gasteiger charge is -2.57. The van der Waals surface area contributed by atoms with Gasteiger partial charge in [0.05, 0.1) is 5.41 Å². The minimum atomic E-state index is 0.0687. The normalized spacial score (nSPS) is 51.2. The molecule has 6 fully saturated rings. The third kappa shape index (κ3) is 1.85. The largest absolute Gasteiger partial charge is 0.338 e. The summed E-state index contributed by atoms with van der Waals surface area (Å²) in [5.74, 6) is 3.93. The third-order valence-corrected chi connectivity index (χ3v) is 7.43. The van der Waals surface area contributed by atoms with Crippen LogP contribution in [0.5, 0.6) is 0 Å². The smallest absolute Gasteiger partial charge is 0.229 e. The molecule has 2 saturated heterocycles. The first-order chi connectivity index (χ1) is 10.2. The van der Waals surface area contributed by atoms with Crippen molar-refractivity contribution in [3.63, 3.8) is 0 Å². The van der Waals surface area contributed by atoms with Crippen molar-refractivity contribution >= 4 is 5.91 Å². The standard InChI is InChI=1S/C18H28N2O/c21-17(20-3-1-2-15-10-19-11-16(15)20)18-7-12-4-13(8-18)6-14(5-12)9-18/h12-16,19H,1-11H2. The SMILES string of the molecule is O=C(N1CCCC2CNCC21)C12CC3CC(CC(C3)C1)C2. The molecule has 4 aliphatic carbocycles. The van der Waals surface area contributed by atoms with Gasteiger partial charge in [0.15, 0.2) is 0 Å². The molecule has 0 aromatic rings. The fourth-order valence-corrected chi connectivity index (χ4v) is 7.00. The molecule has 3 heteroatoms. The Labute approximate surface area is 127 Å². The van der Waals surface area contributed by atoms with Gasteiger partial charge in [-0.15, -0.1) is 0 Å². The van der Waals surface area contributed by atoms with Crippen molar-refractivity contribution in [2.75, 3.05) is 19.6 Å². The van der Waals surface area contributed by atoms with Crippen molar-refractivity contribution < 1.29 is 4.79 Å². The van der Waals surface area contributed by atoms with Crippen LogP contribution in [-0.2, 0) is 4.79 Å². The van der Waals surface area contributed by atoms with Crippen LogP contribution < -0.4 is 5.32 Å². The molecule has 1 N–H and O–H groups in total. The summed E-state index contributed by atoms with van der Waals surface area (Å²) in [6.07, 6.45) is 10.5. The number of carbonyl (C=O) groups is 1. The van der Waals surface area contributed by atoms with Crippen LogP contribution in [-0.4, -0.2) is 36.5 Å². The van der Waals surface area contributed by atoms with Crippen LogP contribution in [0.1, 0.15) is 51.4 Å². The molecule has 2 aliphatic heterocycles. The van der Waals surface area contributed by atoms with E-state index in [0.29, 0.717) is 11.9 Å². The van der Waals surface area contributed by atoms with Crippen LogP contribution >= 0.6 is 0 Å². The van der Waals surface area contributed by atoms with Gasteiger partial charge in [-0.1, -0.05) is 0 Å². The monoisotopic (exact) mass is 288 g/mol. The average molecular weight is 288 g/mol. The molecule has 2 heterocycles. The zero-order valence-corrected chi connectivity index (χ0v) is 13.0. The quantitative estimate of drug-likeness (QED) is 0.803. The van der Waals surface area contributed by atoms with Crippen molar-refractivity contribution in [3.05, 3.63) is 0 Å². The highest BCUT2D eigenvalue weighted by Crippen LogP contribution is 2.60. The maximum atomic E-state index is 13.5. The fourth-order valence-electron chi connectivity index (χ4n) is 7.00. The number of hydrogen-bond acceptors (Lipinski definition) is 2. The summed E-state index contributed by atoms with van der Waals surface area (Å²) in [7, 11) is 0. The zero-order valence-electron chi connectivity index (χ0n) is 13.0. The highest BCUT2D eigenvalue weighted by Gasteiger charge is 2.56. The van der Waals surface area contributed by atoms with Gasteiger partial charge < -0.3 is 10.2 Å². The van der Waals surface area contributed by atoms with Crippen molar-refractivity contribution in [2.45, 2.75) is 57.4 Å². The van der Waals surface area contributed by atoms with Crippen molar-refractivity contribution in [2.24, 2.45) is 29.1 Å². The lowest BCUT2D eigenvalue weighted by Crippen LogP contribution is -2.58. The number of fused-ring (bicyclic) bond motifs is 1. The van der Waals surface area contributed by atoms with E-state index in [1.807, 2.05) is 0 Å². The Morgan fingerprint density at radius 3 is 2.33 bits per heavy atom. The lowest BCUT2D eigenvalue weighted by molar-refractivity contribution is -0.162. The molecule has 3 nitrogen and oxygen atoms in total. The highest BCUT2D eigenvalue weighted by atomic mass is 16.2. The molecule has 0 aromatic carbocycles. The second-order valence-corrected chi connectivity index (χ2v) is 8.82. The van der Waals surface area contributed by atoms with Crippen molar-refractivity contribution in [3.8, 4) is 0 Å². The van der Waals surface area contributed by atoms with Crippen molar-refractivity contribution in [1.29, 1.82) is 0 Å². The maximum absolute atomic E-state index is 13.5. The molecule has 2 unspecified atom stereocenters. The molecular formula is C18H28N2O. The number of likely N-dealkylation sites (tertiary alicyclic amines) is 1.